The van der Waals surface area contributed by atoms with Crippen LogP contribution in [0.4, 0.5) is 0 Å². The van der Waals surface area contributed by atoms with Gasteiger partial charge in [-0.25, -0.2) is 0 Å². The van der Waals surface area contributed by atoms with Crippen LogP contribution >= 0.6 is 11.8 Å². The first-order chi connectivity index (χ1) is 8.33. The first kappa shape index (κ1) is 14.8. The van der Waals surface area contributed by atoms with Crippen LogP contribution in [0.5, 0.6) is 0 Å². The summed E-state index contributed by atoms with van der Waals surface area (Å²) in [6.45, 7) is 3.06. The molecule has 1 heterocycles. The normalized spacial score (nSPS) is 23.8. The van der Waals surface area contributed by atoms with Crippen LogP contribution in [0.25, 0.3) is 0 Å². The molecule has 1 aliphatic rings. The lowest BCUT2D eigenvalue weighted by molar-refractivity contribution is 0.0235. The summed E-state index contributed by atoms with van der Waals surface area (Å²) in [5.41, 5.74) is 0. The molecule has 1 unspecified atom stereocenters. The fraction of sp³-hybridized carbons (Fsp3) is 0.917. The molecule has 98 valence electrons. The number of methoxy groups -OCH3 is 1. The highest BCUT2D eigenvalue weighted by molar-refractivity contribution is 8.01. The van der Waals surface area contributed by atoms with Crippen LogP contribution in [0.15, 0.2) is 0 Å². The quantitative estimate of drug-likeness (QED) is 0.591. The van der Waals surface area contributed by atoms with Crippen molar-refractivity contribution in [3.63, 3.8) is 0 Å². The van der Waals surface area contributed by atoms with Gasteiger partial charge in [0.15, 0.2) is 0 Å². The molecule has 0 bridgehead atoms. The van der Waals surface area contributed by atoms with Gasteiger partial charge in [-0.3, -0.25) is 0 Å². The van der Waals surface area contributed by atoms with Crippen molar-refractivity contribution < 1.29 is 14.2 Å². The number of nitrogens with zero attached hydrogens (tertiary/aromatic N) is 1. The summed E-state index contributed by atoms with van der Waals surface area (Å²) in [6, 6.07) is 2.43. The average molecular weight is 259 g/mol. The number of hydrogen-bond acceptors (Lipinski definition) is 5. The second-order valence-electron chi connectivity index (χ2n) is 4.03. The minimum atomic E-state index is -0.184. The van der Waals surface area contributed by atoms with E-state index in [-0.39, 0.29) is 4.75 Å². The fourth-order valence-electron chi connectivity index (χ4n) is 1.74. The van der Waals surface area contributed by atoms with Gasteiger partial charge in [-0.05, 0) is 25.0 Å². The first-order valence-electron chi connectivity index (χ1n) is 6.03. The van der Waals surface area contributed by atoms with Gasteiger partial charge in [0.2, 0.25) is 0 Å². The number of hydrogen-bond donors (Lipinski definition) is 0. The van der Waals surface area contributed by atoms with Crippen molar-refractivity contribution in [3.05, 3.63) is 0 Å². The molecule has 4 nitrogen and oxygen atoms in total. The standard InChI is InChI=1S/C12H21NO3S/c1-14-6-7-16-9-8-15-5-4-12(11-13)3-2-10-17-12/h2-10H2,1H3. The Morgan fingerprint density at radius 2 is 1.88 bits per heavy atom. The Bertz CT molecular complexity index is 236. The zero-order chi connectivity index (χ0) is 12.4. The van der Waals surface area contributed by atoms with E-state index in [9.17, 15) is 0 Å². The van der Waals surface area contributed by atoms with Gasteiger partial charge in [0, 0.05) is 13.7 Å². The van der Waals surface area contributed by atoms with E-state index in [1.54, 1.807) is 18.9 Å². The molecule has 0 aromatic rings. The molecule has 0 spiro atoms. The van der Waals surface area contributed by atoms with Crippen molar-refractivity contribution in [1.29, 1.82) is 5.26 Å². The monoisotopic (exact) mass is 259 g/mol. The predicted octanol–water partition coefficient (Wildman–Crippen LogP) is 1.85. The van der Waals surface area contributed by atoms with Crippen LogP contribution in [0, 0.1) is 11.3 Å². The Morgan fingerprint density at radius 1 is 1.18 bits per heavy atom. The summed E-state index contributed by atoms with van der Waals surface area (Å²) >= 11 is 1.78. The van der Waals surface area contributed by atoms with Gasteiger partial charge in [-0.1, -0.05) is 0 Å². The van der Waals surface area contributed by atoms with Crippen molar-refractivity contribution in [2.75, 3.05) is 45.9 Å². The third-order valence-electron chi connectivity index (χ3n) is 2.76. The maximum Gasteiger partial charge on any atom is 0.105 e. The average Bonchev–Trinajstić information content (AvgIpc) is 2.82. The van der Waals surface area contributed by atoms with Gasteiger partial charge >= 0.3 is 0 Å². The number of nitriles is 1. The molecule has 1 fully saturated rings. The Kier molecular flexibility index (Phi) is 7.62. The van der Waals surface area contributed by atoms with Gasteiger partial charge in [0.1, 0.15) is 4.75 Å². The van der Waals surface area contributed by atoms with Crippen molar-refractivity contribution in [2.45, 2.75) is 24.0 Å². The molecular weight excluding hydrogens is 238 g/mol. The molecule has 0 amide bonds. The van der Waals surface area contributed by atoms with Gasteiger partial charge in [-0.15, -0.1) is 11.8 Å². The lowest BCUT2D eigenvalue weighted by Crippen LogP contribution is -2.21. The lowest BCUT2D eigenvalue weighted by Gasteiger charge is -2.18. The van der Waals surface area contributed by atoms with Crippen LogP contribution in [0.3, 0.4) is 0 Å². The van der Waals surface area contributed by atoms with E-state index in [4.69, 9.17) is 19.5 Å². The zero-order valence-corrected chi connectivity index (χ0v) is 11.3. The molecule has 0 radical (unpaired) electrons. The third-order valence-corrected chi connectivity index (χ3v) is 4.31. The minimum Gasteiger partial charge on any atom is -0.382 e. The van der Waals surface area contributed by atoms with Crippen molar-refractivity contribution in [1.82, 2.24) is 0 Å². The molecule has 0 saturated carbocycles. The Labute approximate surface area is 108 Å². The maximum absolute atomic E-state index is 9.15. The Morgan fingerprint density at radius 3 is 2.47 bits per heavy atom. The highest BCUT2D eigenvalue weighted by atomic mass is 32.2. The smallest absolute Gasteiger partial charge is 0.105 e. The molecule has 1 atom stereocenters. The summed E-state index contributed by atoms with van der Waals surface area (Å²) < 4.78 is 15.4. The van der Waals surface area contributed by atoms with E-state index >= 15 is 0 Å². The molecule has 0 aromatic carbocycles. The fourth-order valence-corrected chi connectivity index (χ4v) is 3.00. The van der Waals surface area contributed by atoms with Gasteiger partial charge in [0.25, 0.3) is 0 Å². The van der Waals surface area contributed by atoms with Gasteiger partial charge in [-0.2, -0.15) is 5.26 Å². The van der Waals surface area contributed by atoms with Gasteiger partial charge < -0.3 is 14.2 Å². The number of thioether (sulfide) groups is 1. The van der Waals surface area contributed by atoms with E-state index < -0.39 is 0 Å². The Hall–Kier alpha value is -0.280. The highest BCUT2D eigenvalue weighted by Gasteiger charge is 2.34. The van der Waals surface area contributed by atoms with E-state index in [1.165, 1.54) is 0 Å². The predicted molar refractivity (Wildman–Crippen MR) is 68.2 cm³/mol. The van der Waals surface area contributed by atoms with Crippen LogP contribution < -0.4 is 0 Å². The molecule has 1 saturated heterocycles. The molecule has 0 aromatic heterocycles. The molecular formula is C12H21NO3S. The molecule has 5 heteroatoms. The third kappa shape index (κ3) is 5.73. The molecule has 1 rings (SSSR count). The van der Waals surface area contributed by atoms with E-state index in [0.29, 0.717) is 33.0 Å². The first-order valence-corrected chi connectivity index (χ1v) is 7.01. The second-order valence-corrected chi connectivity index (χ2v) is 5.50. The van der Waals surface area contributed by atoms with E-state index in [1.807, 2.05) is 0 Å². The van der Waals surface area contributed by atoms with Crippen LogP contribution in [0.2, 0.25) is 0 Å². The maximum atomic E-state index is 9.15. The van der Waals surface area contributed by atoms with Gasteiger partial charge in [0.05, 0.1) is 32.5 Å². The van der Waals surface area contributed by atoms with Crippen molar-refractivity contribution >= 4 is 11.8 Å². The molecule has 0 N–H and O–H groups in total. The summed E-state index contributed by atoms with van der Waals surface area (Å²) in [5, 5.41) is 9.15. The summed E-state index contributed by atoms with van der Waals surface area (Å²) in [5.74, 6) is 1.10. The SMILES string of the molecule is COCCOCCOCCC1(C#N)CCCS1. The summed E-state index contributed by atoms with van der Waals surface area (Å²) in [4.78, 5) is 0. The summed E-state index contributed by atoms with van der Waals surface area (Å²) in [7, 11) is 1.65. The number of ether oxygens (including phenoxy) is 3. The highest BCUT2D eigenvalue weighted by Crippen LogP contribution is 2.40. The lowest BCUT2D eigenvalue weighted by atomic mass is 10.0. The second kappa shape index (κ2) is 8.76. The zero-order valence-electron chi connectivity index (χ0n) is 10.4. The molecule has 1 aliphatic heterocycles. The van der Waals surface area contributed by atoms with E-state index in [0.717, 1.165) is 25.0 Å². The van der Waals surface area contributed by atoms with Crippen LogP contribution in [-0.2, 0) is 14.2 Å². The van der Waals surface area contributed by atoms with E-state index in [2.05, 4.69) is 6.07 Å². The van der Waals surface area contributed by atoms with Crippen LogP contribution in [-0.4, -0.2) is 50.6 Å². The Balaban J connectivity index is 1.95. The topological polar surface area (TPSA) is 51.5 Å². The van der Waals surface area contributed by atoms with Crippen molar-refractivity contribution in [2.24, 2.45) is 0 Å². The summed E-state index contributed by atoms with van der Waals surface area (Å²) in [6.07, 6.45) is 2.98. The van der Waals surface area contributed by atoms with Crippen molar-refractivity contribution in [3.8, 4) is 6.07 Å². The van der Waals surface area contributed by atoms with Crippen LogP contribution in [0.1, 0.15) is 19.3 Å². The minimum absolute atomic E-state index is 0.184. The molecule has 17 heavy (non-hydrogen) atoms. The largest absolute Gasteiger partial charge is 0.382 e. The molecule has 0 aliphatic carbocycles. The number of rotatable bonds is 9.